The first-order valence-corrected chi connectivity index (χ1v) is 18.8. The molecule has 4 bridgehead atoms. The van der Waals surface area contributed by atoms with E-state index in [-0.39, 0.29) is 24.8 Å². The molecule has 4 saturated carbocycles. The van der Waals surface area contributed by atoms with Gasteiger partial charge in [0.1, 0.15) is 5.60 Å². The van der Waals surface area contributed by atoms with E-state index in [0.29, 0.717) is 38.1 Å². The molecule has 7 fully saturated rings. The summed E-state index contributed by atoms with van der Waals surface area (Å²) in [6.07, 6.45) is -0.884. The molecule has 11 heteroatoms. The fraction of sp³-hybridized carbons (Fsp3) is 0.946. The van der Waals surface area contributed by atoms with E-state index in [1.165, 1.54) is 0 Å². The fourth-order valence-corrected chi connectivity index (χ4v) is 12.5. The number of carbonyl (C=O) groups excluding carboxylic acids is 2. The average molecular weight is 678 g/mol. The van der Waals surface area contributed by atoms with Crippen molar-refractivity contribution in [3.8, 4) is 0 Å². The number of ether oxygens (including phenoxy) is 3. The van der Waals surface area contributed by atoms with E-state index in [2.05, 4.69) is 18.7 Å². The molecule has 18 unspecified atom stereocenters. The summed E-state index contributed by atoms with van der Waals surface area (Å²) in [4.78, 5) is 28.8. The van der Waals surface area contributed by atoms with Crippen LogP contribution in [0.2, 0.25) is 0 Å². The molecule has 5 N–H and O–H groups in total. The Balaban J connectivity index is 1.35. The largest absolute Gasteiger partial charge is 0.456 e. The normalized spacial score (nSPS) is 55.0. The summed E-state index contributed by atoms with van der Waals surface area (Å²) in [6, 6.07) is -0.195. The van der Waals surface area contributed by atoms with Gasteiger partial charge in [-0.05, 0) is 76.0 Å². The van der Waals surface area contributed by atoms with Crippen molar-refractivity contribution in [1.82, 2.24) is 4.90 Å². The lowest BCUT2D eigenvalue weighted by molar-refractivity contribution is -0.300. The summed E-state index contributed by atoms with van der Waals surface area (Å²) in [5, 5.41) is 62.8. The van der Waals surface area contributed by atoms with Gasteiger partial charge in [-0.15, -0.1) is 0 Å². The number of hydrogen-bond donors (Lipinski definition) is 5. The van der Waals surface area contributed by atoms with Crippen LogP contribution in [0.4, 0.5) is 0 Å². The molecule has 4 aliphatic carbocycles. The van der Waals surface area contributed by atoms with Crippen molar-refractivity contribution in [1.29, 1.82) is 0 Å². The molecule has 0 amide bonds. The number of hydrogen-bond acceptors (Lipinski definition) is 11. The Hall–Kier alpha value is -1.34. The Labute approximate surface area is 284 Å². The van der Waals surface area contributed by atoms with E-state index in [1.54, 1.807) is 20.8 Å². The molecule has 272 valence electrons. The molecule has 3 saturated heterocycles. The third-order valence-electron chi connectivity index (χ3n) is 15.3. The second-order valence-corrected chi connectivity index (χ2v) is 17.7. The van der Waals surface area contributed by atoms with Crippen LogP contribution in [0.25, 0.3) is 0 Å². The summed E-state index contributed by atoms with van der Waals surface area (Å²) in [5.74, 6) is -6.60. The molecule has 1 spiro atoms. The molecule has 0 aromatic carbocycles. The third-order valence-corrected chi connectivity index (χ3v) is 15.3. The van der Waals surface area contributed by atoms with E-state index in [4.69, 9.17) is 14.2 Å². The standard InChI is InChI=1S/C37H59NO10/c1-8-19(4)31(41)46-26-12-13-33(6)24-14-23(39)29-35(33,48-37(24,26)45)15-22-21-17-38-16-18(3)10-11-25(38)34(7,43)27(21)28(40)30(36(22,29)44)47-32(42)20(5)9-2/h18-30,39-40,43-45H,8-17H2,1-7H3. The van der Waals surface area contributed by atoms with Crippen molar-refractivity contribution in [2.45, 2.75) is 153 Å². The summed E-state index contributed by atoms with van der Waals surface area (Å²) >= 11 is 0. The minimum absolute atomic E-state index is 0.0888. The Morgan fingerprint density at radius 1 is 0.958 bits per heavy atom. The van der Waals surface area contributed by atoms with Crippen LogP contribution < -0.4 is 0 Å². The molecule has 48 heavy (non-hydrogen) atoms. The zero-order chi connectivity index (χ0) is 34.9. The fourth-order valence-electron chi connectivity index (χ4n) is 12.5. The number of carbonyl (C=O) groups is 2. The second-order valence-electron chi connectivity index (χ2n) is 17.7. The molecule has 11 nitrogen and oxygen atoms in total. The number of esters is 2. The smallest absolute Gasteiger partial charge is 0.309 e. The van der Waals surface area contributed by atoms with Crippen LogP contribution in [-0.4, -0.2) is 109 Å². The zero-order valence-electron chi connectivity index (χ0n) is 29.8. The Kier molecular flexibility index (Phi) is 8.28. The number of aliphatic hydroxyl groups excluding tert-OH is 2. The summed E-state index contributed by atoms with van der Waals surface area (Å²) < 4.78 is 19.1. The van der Waals surface area contributed by atoms with Gasteiger partial charge in [-0.2, -0.15) is 0 Å². The van der Waals surface area contributed by atoms with E-state index < -0.39 is 99.9 Å². The van der Waals surface area contributed by atoms with Crippen molar-refractivity contribution in [3.05, 3.63) is 0 Å². The monoisotopic (exact) mass is 677 g/mol. The number of nitrogens with zero attached hydrogens (tertiary/aromatic N) is 1. The van der Waals surface area contributed by atoms with Crippen LogP contribution in [-0.2, 0) is 23.8 Å². The number of aliphatic hydroxyl groups is 5. The SMILES string of the molecule is CCC(C)C(=O)OC1CCC2(C)C3CC(O)C4C5(O)C(CC42OC13O)C1CN2CC(C)CCC2C(C)(O)C1C(O)C5OC(=O)C(C)CC. The van der Waals surface area contributed by atoms with Gasteiger partial charge in [-0.1, -0.05) is 41.5 Å². The van der Waals surface area contributed by atoms with E-state index in [1.807, 2.05) is 13.8 Å². The first kappa shape index (κ1) is 35.1. The molecule has 0 aromatic rings. The number of piperidine rings is 2. The van der Waals surface area contributed by atoms with Gasteiger partial charge >= 0.3 is 11.9 Å². The van der Waals surface area contributed by atoms with E-state index >= 15 is 0 Å². The van der Waals surface area contributed by atoms with Crippen LogP contribution in [0.5, 0.6) is 0 Å². The van der Waals surface area contributed by atoms with Crippen LogP contribution in [0, 0.1) is 52.8 Å². The molecule has 0 aromatic heterocycles. The van der Waals surface area contributed by atoms with Crippen molar-refractivity contribution in [3.63, 3.8) is 0 Å². The maximum absolute atomic E-state index is 13.5. The van der Waals surface area contributed by atoms with E-state index in [0.717, 1.165) is 19.4 Å². The lowest BCUT2D eigenvalue weighted by Gasteiger charge is -2.64. The highest BCUT2D eigenvalue weighted by atomic mass is 16.7. The van der Waals surface area contributed by atoms with Crippen molar-refractivity contribution in [2.24, 2.45) is 52.8 Å². The van der Waals surface area contributed by atoms with Crippen LogP contribution in [0.3, 0.4) is 0 Å². The lowest BCUT2D eigenvalue weighted by Crippen LogP contribution is -2.77. The van der Waals surface area contributed by atoms with Crippen LogP contribution in [0.1, 0.15) is 99.8 Å². The summed E-state index contributed by atoms with van der Waals surface area (Å²) in [7, 11) is 0. The Morgan fingerprint density at radius 3 is 2.25 bits per heavy atom. The second kappa shape index (κ2) is 11.3. The van der Waals surface area contributed by atoms with Gasteiger partial charge in [0.05, 0.1) is 35.2 Å². The van der Waals surface area contributed by atoms with Gasteiger partial charge in [-0.3, -0.25) is 14.5 Å². The quantitative estimate of drug-likeness (QED) is 0.262. The molecule has 7 rings (SSSR count). The number of fused-ring (bicyclic) bond motifs is 5. The number of rotatable bonds is 6. The van der Waals surface area contributed by atoms with Crippen molar-refractivity contribution < 1.29 is 49.3 Å². The van der Waals surface area contributed by atoms with E-state index in [9.17, 15) is 35.1 Å². The minimum atomic E-state index is -1.92. The topological polar surface area (TPSA) is 166 Å². The predicted octanol–water partition coefficient (Wildman–Crippen LogP) is 2.38. The van der Waals surface area contributed by atoms with Crippen LogP contribution in [0.15, 0.2) is 0 Å². The van der Waals surface area contributed by atoms with Gasteiger partial charge in [0.25, 0.3) is 0 Å². The van der Waals surface area contributed by atoms with Gasteiger partial charge in [-0.25, -0.2) is 0 Å². The maximum Gasteiger partial charge on any atom is 0.309 e. The summed E-state index contributed by atoms with van der Waals surface area (Å²) in [6.45, 7) is 14.7. The molecule has 7 aliphatic rings. The van der Waals surface area contributed by atoms with Gasteiger partial charge < -0.3 is 39.7 Å². The minimum Gasteiger partial charge on any atom is -0.456 e. The third kappa shape index (κ3) is 4.36. The van der Waals surface area contributed by atoms with Gasteiger partial charge in [0, 0.05) is 42.3 Å². The first-order chi connectivity index (χ1) is 22.4. The highest BCUT2D eigenvalue weighted by molar-refractivity contribution is 5.72. The Bertz CT molecular complexity index is 1310. The highest BCUT2D eigenvalue weighted by Gasteiger charge is 2.87. The highest BCUT2D eigenvalue weighted by Crippen LogP contribution is 2.77. The Morgan fingerprint density at radius 2 is 1.60 bits per heavy atom. The van der Waals surface area contributed by atoms with Crippen LogP contribution >= 0.6 is 0 Å². The molecule has 18 atom stereocenters. The summed E-state index contributed by atoms with van der Waals surface area (Å²) in [5.41, 5.74) is -5.25. The zero-order valence-corrected chi connectivity index (χ0v) is 29.8. The molecule has 3 heterocycles. The molecule has 3 aliphatic heterocycles. The molecular weight excluding hydrogens is 618 g/mol. The van der Waals surface area contributed by atoms with Gasteiger partial charge in [0.15, 0.2) is 12.2 Å². The van der Waals surface area contributed by atoms with Gasteiger partial charge in [0.2, 0.25) is 5.79 Å². The van der Waals surface area contributed by atoms with Crippen molar-refractivity contribution >= 4 is 11.9 Å². The van der Waals surface area contributed by atoms with Crippen molar-refractivity contribution in [2.75, 3.05) is 13.1 Å². The molecule has 0 radical (unpaired) electrons. The average Bonchev–Trinajstić information content (AvgIpc) is 3.31. The maximum atomic E-state index is 13.5. The lowest BCUT2D eigenvalue weighted by atomic mass is 9.49. The molecular formula is C37H59NO10. The first-order valence-electron chi connectivity index (χ1n) is 18.8. The predicted molar refractivity (Wildman–Crippen MR) is 173 cm³/mol.